The summed E-state index contributed by atoms with van der Waals surface area (Å²) in [5.74, 6) is 0.936. The number of fused-ring (bicyclic) bond motifs is 6. The Kier molecular flexibility index (Phi) is 6.36. The second-order valence-electron chi connectivity index (χ2n) is 11.6. The van der Waals surface area contributed by atoms with E-state index in [0.717, 1.165) is 17.2 Å². The van der Waals surface area contributed by atoms with Crippen LogP contribution in [0.4, 0.5) is 17.2 Å². The predicted molar refractivity (Wildman–Crippen MR) is 198 cm³/mol. The van der Waals surface area contributed by atoms with E-state index in [4.69, 9.17) is 4.98 Å². The Balaban J connectivity index is 1.22. The molecule has 0 bridgehead atoms. The highest BCUT2D eigenvalue weighted by Gasteiger charge is 2.20. The lowest BCUT2D eigenvalue weighted by molar-refractivity contribution is 1.20. The predicted octanol–water partition coefficient (Wildman–Crippen LogP) is 12.6. The highest BCUT2D eigenvalue weighted by Crippen LogP contribution is 2.44. The number of thiophene rings is 1. The SMILES string of the molecule is c1ccc(-c2ccc(N(c3ccc(-c4cc5ccccc5c5ccccc45)cc3)c3nccc4sc5ccccc5c34)cc2)cc1. The minimum absolute atomic E-state index is 0.936. The van der Waals surface area contributed by atoms with Gasteiger partial charge in [-0.25, -0.2) is 4.98 Å². The van der Waals surface area contributed by atoms with Gasteiger partial charge in [0.15, 0.2) is 0 Å². The highest BCUT2D eigenvalue weighted by molar-refractivity contribution is 7.25. The van der Waals surface area contributed by atoms with Crippen molar-refractivity contribution in [2.24, 2.45) is 0 Å². The summed E-state index contributed by atoms with van der Waals surface area (Å²) in [6.07, 6.45) is 1.94. The number of pyridine rings is 1. The fraction of sp³-hybridized carbons (Fsp3) is 0. The van der Waals surface area contributed by atoms with Crippen LogP contribution in [0.15, 0.2) is 170 Å². The standard InChI is InChI=1S/C43H28N2S/c1-2-10-29(11-3-1)30-18-22-33(23-19-30)45(43-42-38-16-8-9-17-40(38)46-41(42)26-27-44-43)34-24-20-31(21-25-34)39-28-32-12-4-5-13-35(32)36-14-6-7-15-37(36)39/h1-28H. The third-order valence-electron chi connectivity index (χ3n) is 8.92. The lowest BCUT2D eigenvalue weighted by Crippen LogP contribution is -2.11. The molecule has 3 heteroatoms. The number of rotatable bonds is 5. The quantitative estimate of drug-likeness (QED) is 0.182. The van der Waals surface area contributed by atoms with Gasteiger partial charge < -0.3 is 0 Å². The van der Waals surface area contributed by atoms with E-state index in [-0.39, 0.29) is 0 Å². The molecule has 0 N–H and O–H groups in total. The van der Waals surface area contributed by atoms with Crippen molar-refractivity contribution in [3.05, 3.63) is 170 Å². The van der Waals surface area contributed by atoms with Gasteiger partial charge in [-0.2, -0.15) is 0 Å². The molecule has 46 heavy (non-hydrogen) atoms. The lowest BCUT2D eigenvalue weighted by Gasteiger charge is -2.26. The van der Waals surface area contributed by atoms with Gasteiger partial charge >= 0.3 is 0 Å². The van der Waals surface area contributed by atoms with Crippen molar-refractivity contribution < 1.29 is 0 Å². The van der Waals surface area contributed by atoms with Crippen LogP contribution in [-0.4, -0.2) is 4.98 Å². The van der Waals surface area contributed by atoms with Crippen LogP contribution < -0.4 is 4.90 Å². The van der Waals surface area contributed by atoms with Crippen molar-refractivity contribution in [1.29, 1.82) is 0 Å². The first-order chi connectivity index (χ1) is 22.8. The van der Waals surface area contributed by atoms with Gasteiger partial charge in [0.25, 0.3) is 0 Å². The van der Waals surface area contributed by atoms with Crippen LogP contribution in [0.3, 0.4) is 0 Å². The molecule has 216 valence electrons. The topological polar surface area (TPSA) is 16.1 Å². The maximum Gasteiger partial charge on any atom is 0.146 e. The van der Waals surface area contributed by atoms with E-state index in [9.17, 15) is 0 Å². The molecule has 0 fully saturated rings. The Bertz CT molecular complexity index is 2510. The fourth-order valence-electron chi connectivity index (χ4n) is 6.73. The molecule has 9 rings (SSSR count). The first-order valence-electron chi connectivity index (χ1n) is 15.5. The molecule has 0 saturated heterocycles. The molecule has 0 saturated carbocycles. The van der Waals surface area contributed by atoms with Gasteiger partial charge in [0.05, 0.1) is 0 Å². The summed E-state index contributed by atoms with van der Waals surface area (Å²) in [5.41, 5.74) is 6.96. The van der Waals surface area contributed by atoms with Crippen LogP contribution in [0, 0.1) is 0 Å². The number of benzene rings is 7. The molecule has 7 aromatic carbocycles. The van der Waals surface area contributed by atoms with Crippen molar-refractivity contribution in [3.63, 3.8) is 0 Å². The van der Waals surface area contributed by atoms with Crippen molar-refractivity contribution in [3.8, 4) is 22.3 Å². The molecule has 0 aliphatic carbocycles. The average molecular weight is 605 g/mol. The average Bonchev–Trinajstić information content (AvgIpc) is 3.52. The summed E-state index contributed by atoms with van der Waals surface area (Å²) in [5, 5.41) is 7.49. The molecular weight excluding hydrogens is 577 g/mol. The second kappa shape index (κ2) is 11.0. The summed E-state index contributed by atoms with van der Waals surface area (Å²) < 4.78 is 2.50. The molecular formula is C43H28N2S. The number of anilines is 3. The minimum Gasteiger partial charge on any atom is -0.295 e. The number of aromatic nitrogens is 1. The van der Waals surface area contributed by atoms with Crippen molar-refractivity contribution >= 4 is 70.2 Å². The number of nitrogens with zero attached hydrogens (tertiary/aromatic N) is 2. The van der Waals surface area contributed by atoms with Gasteiger partial charge in [-0.15, -0.1) is 11.3 Å². The summed E-state index contributed by atoms with van der Waals surface area (Å²) in [6, 6.07) is 58.8. The Morgan fingerprint density at radius 3 is 1.78 bits per heavy atom. The van der Waals surface area contributed by atoms with Gasteiger partial charge in [0, 0.05) is 37.7 Å². The zero-order valence-electron chi connectivity index (χ0n) is 25.0. The van der Waals surface area contributed by atoms with Gasteiger partial charge in [0.1, 0.15) is 5.82 Å². The number of hydrogen-bond donors (Lipinski definition) is 0. The molecule has 0 atom stereocenters. The normalized spacial score (nSPS) is 11.5. The van der Waals surface area contributed by atoms with Crippen LogP contribution in [0.2, 0.25) is 0 Å². The maximum absolute atomic E-state index is 5.05. The first-order valence-corrected chi connectivity index (χ1v) is 16.4. The molecule has 0 radical (unpaired) electrons. The van der Waals surface area contributed by atoms with Crippen molar-refractivity contribution in [2.75, 3.05) is 4.90 Å². The molecule has 2 aromatic heterocycles. The minimum atomic E-state index is 0.936. The zero-order chi connectivity index (χ0) is 30.5. The third-order valence-corrected chi connectivity index (χ3v) is 10.1. The molecule has 9 aromatic rings. The monoisotopic (exact) mass is 604 g/mol. The van der Waals surface area contributed by atoms with Gasteiger partial charge in [-0.3, -0.25) is 4.90 Å². The molecule has 2 nitrogen and oxygen atoms in total. The molecule has 2 heterocycles. The molecule has 0 unspecified atom stereocenters. The van der Waals surface area contributed by atoms with Gasteiger partial charge in [0.2, 0.25) is 0 Å². The fourth-order valence-corrected chi connectivity index (χ4v) is 7.83. The van der Waals surface area contributed by atoms with E-state index in [1.54, 1.807) is 0 Å². The van der Waals surface area contributed by atoms with E-state index in [1.807, 2.05) is 17.5 Å². The smallest absolute Gasteiger partial charge is 0.146 e. The molecule has 0 amide bonds. The van der Waals surface area contributed by atoms with Crippen LogP contribution in [-0.2, 0) is 0 Å². The molecule has 0 spiro atoms. The number of hydrogen-bond acceptors (Lipinski definition) is 3. The van der Waals surface area contributed by atoms with Crippen LogP contribution >= 0.6 is 11.3 Å². The lowest BCUT2D eigenvalue weighted by atomic mass is 9.93. The Morgan fingerprint density at radius 2 is 1.02 bits per heavy atom. The Hall–Kier alpha value is -5.77. The summed E-state index contributed by atoms with van der Waals surface area (Å²) in [6.45, 7) is 0. The summed E-state index contributed by atoms with van der Waals surface area (Å²) in [4.78, 5) is 7.36. The summed E-state index contributed by atoms with van der Waals surface area (Å²) in [7, 11) is 0. The first kappa shape index (κ1) is 26.6. The molecule has 0 aliphatic heterocycles. The van der Waals surface area contributed by atoms with Crippen LogP contribution in [0.25, 0.3) is 64.0 Å². The van der Waals surface area contributed by atoms with Crippen molar-refractivity contribution in [2.45, 2.75) is 0 Å². The highest BCUT2D eigenvalue weighted by atomic mass is 32.1. The van der Waals surface area contributed by atoms with Crippen LogP contribution in [0.5, 0.6) is 0 Å². The van der Waals surface area contributed by atoms with Crippen LogP contribution in [0.1, 0.15) is 0 Å². The van der Waals surface area contributed by atoms with E-state index in [2.05, 4.69) is 169 Å². The largest absolute Gasteiger partial charge is 0.295 e. The van der Waals surface area contributed by atoms with Gasteiger partial charge in [-0.1, -0.05) is 121 Å². The third kappa shape index (κ3) is 4.44. The van der Waals surface area contributed by atoms with E-state index in [0.29, 0.717) is 0 Å². The van der Waals surface area contributed by atoms with Gasteiger partial charge in [-0.05, 0) is 86.3 Å². The Morgan fingerprint density at radius 1 is 0.435 bits per heavy atom. The maximum atomic E-state index is 5.05. The van der Waals surface area contributed by atoms with Crippen molar-refractivity contribution in [1.82, 2.24) is 4.98 Å². The summed E-state index contributed by atoms with van der Waals surface area (Å²) >= 11 is 1.82. The molecule has 0 aliphatic rings. The Labute approximate surface area is 271 Å². The second-order valence-corrected chi connectivity index (χ2v) is 12.7. The van der Waals surface area contributed by atoms with E-state index >= 15 is 0 Å². The zero-order valence-corrected chi connectivity index (χ0v) is 25.8. The van der Waals surface area contributed by atoms with E-state index < -0.39 is 0 Å². The van der Waals surface area contributed by atoms with E-state index in [1.165, 1.54) is 64.0 Å².